The van der Waals surface area contributed by atoms with Gasteiger partial charge in [0.25, 0.3) is 0 Å². The zero-order valence-corrected chi connectivity index (χ0v) is 17.0. The predicted octanol–water partition coefficient (Wildman–Crippen LogP) is 2.79. The van der Waals surface area contributed by atoms with Crippen molar-refractivity contribution in [2.24, 2.45) is 10.7 Å². The lowest BCUT2D eigenvalue weighted by molar-refractivity contribution is 0.415. The van der Waals surface area contributed by atoms with Crippen molar-refractivity contribution in [3.8, 4) is 17.0 Å². The van der Waals surface area contributed by atoms with Crippen molar-refractivity contribution in [2.75, 3.05) is 19.9 Å². The largest absolute Gasteiger partial charge is 0.497 e. The number of fused-ring (bicyclic) bond motifs is 1. The second-order valence-electron chi connectivity index (χ2n) is 7.30. The van der Waals surface area contributed by atoms with Gasteiger partial charge in [-0.05, 0) is 48.9 Å². The predicted molar refractivity (Wildman–Crippen MR) is 111 cm³/mol. The first-order valence-corrected chi connectivity index (χ1v) is 10.5. The van der Waals surface area contributed by atoms with Gasteiger partial charge in [-0.2, -0.15) is 0 Å². The van der Waals surface area contributed by atoms with E-state index < -0.39 is 21.4 Å². The van der Waals surface area contributed by atoms with Gasteiger partial charge in [0, 0.05) is 35.3 Å². The Labute approximate surface area is 168 Å². The van der Waals surface area contributed by atoms with Crippen LogP contribution in [-0.2, 0) is 15.6 Å². The highest BCUT2D eigenvalue weighted by atomic mass is 32.2. The number of rotatable bonds is 3. The summed E-state index contributed by atoms with van der Waals surface area (Å²) in [5, 5.41) is 0.974. The van der Waals surface area contributed by atoms with E-state index in [4.69, 9.17) is 10.5 Å². The first kappa shape index (κ1) is 19.3. The Kier molecular flexibility index (Phi) is 4.30. The summed E-state index contributed by atoms with van der Waals surface area (Å²) in [6.45, 7) is 1.57. The van der Waals surface area contributed by atoms with Crippen LogP contribution in [0.15, 0.2) is 47.5 Å². The molecule has 7 nitrogen and oxygen atoms in total. The SMILES string of the molecule is COc1ccc2cc(-c3ccc(F)c([C@]4(C)CS(=O)(=O)N(C)C(N)=N4)c3)[nH]c2c1. The Morgan fingerprint density at radius 3 is 2.69 bits per heavy atom. The lowest BCUT2D eigenvalue weighted by Gasteiger charge is -2.34. The van der Waals surface area contributed by atoms with E-state index in [0.717, 1.165) is 26.7 Å². The van der Waals surface area contributed by atoms with Gasteiger partial charge in [-0.25, -0.2) is 22.1 Å². The number of H-pyrrole nitrogens is 1. The molecule has 0 aliphatic carbocycles. The van der Waals surface area contributed by atoms with Crippen LogP contribution in [0.2, 0.25) is 0 Å². The van der Waals surface area contributed by atoms with Gasteiger partial charge < -0.3 is 15.5 Å². The highest BCUT2D eigenvalue weighted by molar-refractivity contribution is 7.89. The first-order valence-electron chi connectivity index (χ1n) is 8.92. The average molecular weight is 416 g/mol. The van der Waals surface area contributed by atoms with E-state index in [1.54, 1.807) is 26.2 Å². The number of hydrogen-bond acceptors (Lipinski definition) is 5. The van der Waals surface area contributed by atoms with Crippen LogP contribution in [-0.4, -0.2) is 43.6 Å². The molecule has 1 aromatic heterocycles. The van der Waals surface area contributed by atoms with Crippen molar-refractivity contribution >= 4 is 26.9 Å². The molecule has 0 saturated carbocycles. The number of aromatic nitrogens is 1. The summed E-state index contributed by atoms with van der Waals surface area (Å²) in [5.41, 5.74) is 7.00. The molecule has 3 aromatic rings. The molecule has 0 bridgehead atoms. The fourth-order valence-corrected chi connectivity index (χ4v) is 5.03. The van der Waals surface area contributed by atoms with E-state index in [2.05, 4.69) is 9.98 Å². The van der Waals surface area contributed by atoms with Crippen LogP contribution >= 0.6 is 0 Å². The molecule has 3 N–H and O–H groups in total. The fraction of sp³-hybridized carbons (Fsp3) is 0.250. The number of guanidine groups is 1. The van der Waals surface area contributed by atoms with Crippen LogP contribution in [0.25, 0.3) is 22.2 Å². The molecule has 2 aromatic carbocycles. The summed E-state index contributed by atoms with van der Waals surface area (Å²) in [4.78, 5) is 7.59. The molecular weight excluding hydrogens is 395 g/mol. The zero-order chi connectivity index (χ0) is 21.0. The van der Waals surface area contributed by atoms with E-state index in [1.165, 1.54) is 13.1 Å². The third-order valence-electron chi connectivity index (χ3n) is 5.25. The number of aromatic amines is 1. The number of benzene rings is 2. The molecule has 0 radical (unpaired) electrons. The average Bonchev–Trinajstić information content (AvgIpc) is 3.09. The summed E-state index contributed by atoms with van der Waals surface area (Å²) >= 11 is 0. The smallest absolute Gasteiger partial charge is 0.239 e. The van der Waals surface area contributed by atoms with E-state index in [-0.39, 0.29) is 17.3 Å². The molecule has 1 aliphatic heterocycles. The molecule has 0 amide bonds. The van der Waals surface area contributed by atoms with Gasteiger partial charge in [0.05, 0.1) is 12.9 Å². The summed E-state index contributed by atoms with van der Waals surface area (Å²) in [6, 6.07) is 12.2. The van der Waals surface area contributed by atoms with Crippen molar-refractivity contribution in [3.05, 3.63) is 53.8 Å². The van der Waals surface area contributed by atoms with Crippen molar-refractivity contribution < 1.29 is 17.5 Å². The van der Waals surface area contributed by atoms with E-state index in [0.29, 0.717) is 5.56 Å². The molecule has 0 fully saturated rings. The number of nitrogens with zero attached hydrogens (tertiary/aromatic N) is 2. The third kappa shape index (κ3) is 3.21. The molecule has 152 valence electrons. The quantitative estimate of drug-likeness (QED) is 0.686. The van der Waals surface area contributed by atoms with Gasteiger partial charge in [0.15, 0.2) is 0 Å². The molecule has 0 saturated heterocycles. The van der Waals surface area contributed by atoms with Crippen molar-refractivity contribution in [1.82, 2.24) is 9.29 Å². The zero-order valence-electron chi connectivity index (χ0n) is 16.2. The number of ether oxygens (including phenoxy) is 1. The van der Waals surface area contributed by atoms with Crippen LogP contribution in [0, 0.1) is 5.82 Å². The monoisotopic (exact) mass is 416 g/mol. The minimum atomic E-state index is -3.70. The summed E-state index contributed by atoms with van der Waals surface area (Å²) in [6.07, 6.45) is 0. The van der Waals surface area contributed by atoms with Crippen LogP contribution in [0.5, 0.6) is 5.75 Å². The van der Waals surface area contributed by atoms with Gasteiger partial charge in [0.2, 0.25) is 16.0 Å². The highest BCUT2D eigenvalue weighted by Crippen LogP contribution is 2.36. The standard InChI is InChI=1S/C20H21FN4O3S/c1-20(11-29(26,27)25(2)19(22)24-20)15-8-12(5-7-16(15)21)17-9-13-4-6-14(28-3)10-18(13)23-17/h4-10,23H,11H2,1-3H3,(H2,22,24)/t20-/m0/s1. The molecule has 1 atom stereocenters. The molecular formula is C20H21FN4O3S. The first-order chi connectivity index (χ1) is 13.6. The molecule has 2 heterocycles. The molecule has 4 rings (SSSR count). The van der Waals surface area contributed by atoms with Crippen LogP contribution in [0.4, 0.5) is 4.39 Å². The molecule has 0 spiro atoms. The van der Waals surface area contributed by atoms with Crippen LogP contribution in [0.3, 0.4) is 0 Å². The van der Waals surface area contributed by atoms with Gasteiger partial charge in [0.1, 0.15) is 17.1 Å². The third-order valence-corrected chi connectivity index (χ3v) is 7.20. The Hall–Kier alpha value is -3.07. The molecule has 0 unspecified atom stereocenters. The summed E-state index contributed by atoms with van der Waals surface area (Å²) in [5.74, 6) is -0.354. The maximum atomic E-state index is 14.7. The minimum absolute atomic E-state index is 0.165. The number of hydrogen-bond donors (Lipinski definition) is 2. The second kappa shape index (κ2) is 6.48. The van der Waals surface area contributed by atoms with Crippen molar-refractivity contribution in [2.45, 2.75) is 12.5 Å². The summed E-state index contributed by atoms with van der Waals surface area (Å²) in [7, 11) is -0.770. The Morgan fingerprint density at radius 2 is 2.00 bits per heavy atom. The van der Waals surface area contributed by atoms with Crippen molar-refractivity contribution in [3.63, 3.8) is 0 Å². The number of nitrogens with two attached hydrogens (primary N) is 1. The van der Waals surface area contributed by atoms with Crippen LogP contribution < -0.4 is 10.5 Å². The lowest BCUT2D eigenvalue weighted by Crippen LogP contribution is -2.50. The molecule has 9 heteroatoms. The number of aliphatic imine (C=N–C) groups is 1. The minimum Gasteiger partial charge on any atom is -0.497 e. The van der Waals surface area contributed by atoms with Gasteiger partial charge in [-0.3, -0.25) is 0 Å². The number of nitrogens with one attached hydrogen (secondary N) is 1. The van der Waals surface area contributed by atoms with E-state index in [1.807, 2.05) is 24.3 Å². The second-order valence-corrected chi connectivity index (χ2v) is 9.30. The Bertz CT molecular complexity index is 1250. The molecule has 29 heavy (non-hydrogen) atoms. The molecule has 1 aliphatic rings. The summed E-state index contributed by atoms with van der Waals surface area (Å²) < 4.78 is 45.8. The van der Waals surface area contributed by atoms with Crippen LogP contribution in [0.1, 0.15) is 12.5 Å². The highest BCUT2D eigenvalue weighted by Gasteiger charge is 2.41. The maximum Gasteiger partial charge on any atom is 0.239 e. The van der Waals surface area contributed by atoms with Gasteiger partial charge >= 0.3 is 0 Å². The normalized spacial score (nSPS) is 21.2. The number of halogens is 1. The van der Waals surface area contributed by atoms with E-state index >= 15 is 0 Å². The van der Waals surface area contributed by atoms with Gasteiger partial charge in [-0.15, -0.1) is 0 Å². The number of sulfonamides is 1. The lowest BCUT2D eigenvalue weighted by atomic mass is 9.92. The van der Waals surface area contributed by atoms with Gasteiger partial charge in [-0.1, -0.05) is 0 Å². The topological polar surface area (TPSA) is 101 Å². The van der Waals surface area contributed by atoms with E-state index in [9.17, 15) is 12.8 Å². The Balaban J connectivity index is 1.83. The number of methoxy groups -OCH3 is 1. The van der Waals surface area contributed by atoms with Crippen molar-refractivity contribution in [1.29, 1.82) is 0 Å². The maximum absolute atomic E-state index is 14.7. The Morgan fingerprint density at radius 1 is 1.24 bits per heavy atom. The fourth-order valence-electron chi connectivity index (χ4n) is 3.58.